The van der Waals surface area contributed by atoms with Crippen LogP contribution in [0.5, 0.6) is 0 Å². The number of nitrogens with zero attached hydrogens (tertiary/aromatic N) is 1. The Kier molecular flexibility index (Phi) is 4.94. The molecule has 1 heterocycles. The molecular formula is C16H25FN2. The van der Waals surface area contributed by atoms with E-state index in [4.69, 9.17) is 5.73 Å². The van der Waals surface area contributed by atoms with Crippen molar-refractivity contribution in [3.05, 3.63) is 35.6 Å². The average Bonchev–Trinajstić information content (AvgIpc) is 2.42. The third kappa shape index (κ3) is 3.54. The Bertz CT molecular complexity index is 388. The smallest absolute Gasteiger partial charge is 0.123 e. The topological polar surface area (TPSA) is 29.3 Å². The zero-order valence-electron chi connectivity index (χ0n) is 12.0. The van der Waals surface area contributed by atoms with E-state index in [1.807, 2.05) is 12.1 Å². The summed E-state index contributed by atoms with van der Waals surface area (Å²) in [7, 11) is 0. The largest absolute Gasteiger partial charge is 0.328 e. The van der Waals surface area contributed by atoms with Crippen LogP contribution in [0.3, 0.4) is 0 Å². The highest BCUT2D eigenvalue weighted by Crippen LogP contribution is 2.30. The SMILES string of the molecule is CCC(c1ccc(F)cc1)N1CCCC(C(C)N)C1. The lowest BCUT2D eigenvalue weighted by Crippen LogP contribution is -2.43. The summed E-state index contributed by atoms with van der Waals surface area (Å²) in [5, 5.41) is 0. The van der Waals surface area contributed by atoms with Gasteiger partial charge in [-0.3, -0.25) is 4.90 Å². The summed E-state index contributed by atoms with van der Waals surface area (Å²) in [5.74, 6) is 0.425. The maximum atomic E-state index is 13.0. The van der Waals surface area contributed by atoms with E-state index in [-0.39, 0.29) is 11.9 Å². The molecule has 0 saturated carbocycles. The number of hydrogen-bond donors (Lipinski definition) is 1. The summed E-state index contributed by atoms with van der Waals surface area (Å²) in [6, 6.07) is 7.60. The van der Waals surface area contributed by atoms with Gasteiger partial charge in [-0.1, -0.05) is 19.1 Å². The molecule has 1 aromatic rings. The van der Waals surface area contributed by atoms with Crippen LogP contribution in [0.1, 0.15) is 44.7 Å². The molecule has 1 aliphatic heterocycles. The van der Waals surface area contributed by atoms with Gasteiger partial charge in [0.15, 0.2) is 0 Å². The molecule has 0 amide bonds. The molecular weight excluding hydrogens is 239 g/mol. The molecule has 1 aromatic carbocycles. The van der Waals surface area contributed by atoms with Crippen LogP contribution in [0.2, 0.25) is 0 Å². The molecule has 0 spiro atoms. The molecule has 3 heteroatoms. The first-order chi connectivity index (χ1) is 9.11. The minimum atomic E-state index is -0.161. The Hall–Kier alpha value is -0.930. The molecule has 2 rings (SSSR count). The van der Waals surface area contributed by atoms with Crippen molar-refractivity contribution in [2.24, 2.45) is 11.7 Å². The minimum Gasteiger partial charge on any atom is -0.328 e. The quantitative estimate of drug-likeness (QED) is 0.903. The van der Waals surface area contributed by atoms with Gasteiger partial charge in [0.25, 0.3) is 0 Å². The summed E-state index contributed by atoms with van der Waals surface area (Å²) >= 11 is 0. The van der Waals surface area contributed by atoms with Gasteiger partial charge in [-0.15, -0.1) is 0 Å². The first kappa shape index (κ1) is 14.5. The van der Waals surface area contributed by atoms with Crippen molar-refractivity contribution in [3.8, 4) is 0 Å². The highest BCUT2D eigenvalue weighted by atomic mass is 19.1. The molecule has 0 bridgehead atoms. The van der Waals surface area contributed by atoms with Gasteiger partial charge in [0, 0.05) is 18.6 Å². The summed E-state index contributed by atoms with van der Waals surface area (Å²) in [6.45, 7) is 6.49. The Labute approximate surface area is 115 Å². The van der Waals surface area contributed by atoms with Crippen molar-refractivity contribution in [3.63, 3.8) is 0 Å². The zero-order chi connectivity index (χ0) is 13.8. The standard InChI is InChI=1S/C16H25FN2/c1-3-16(13-6-8-15(17)9-7-13)19-10-4-5-14(11-19)12(2)18/h6-9,12,14,16H,3-5,10-11,18H2,1-2H3. The fraction of sp³-hybridized carbons (Fsp3) is 0.625. The first-order valence-corrected chi connectivity index (χ1v) is 7.37. The maximum absolute atomic E-state index is 13.0. The van der Waals surface area contributed by atoms with Gasteiger partial charge >= 0.3 is 0 Å². The second-order valence-corrected chi connectivity index (χ2v) is 5.73. The summed E-state index contributed by atoms with van der Waals surface area (Å²) in [6.07, 6.45) is 3.50. The summed E-state index contributed by atoms with van der Waals surface area (Å²) < 4.78 is 13.0. The Morgan fingerprint density at radius 2 is 2.05 bits per heavy atom. The van der Waals surface area contributed by atoms with Gasteiger partial charge in [0.1, 0.15) is 5.82 Å². The van der Waals surface area contributed by atoms with E-state index in [1.54, 1.807) is 12.1 Å². The summed E-state index contributed by atoms with van der Waals surface area (Å²) in [5.41, 5.74) is 7.27. The van der Waals surface area contributed by atoms with Gasteiger partial charge in [0.05, 0.1) is 0 Å². The van der Waals surface area contributed by atoms with E-state index in [0.717, 1.165) is 19.5 Å². The number of likely N-dealkylation sites (tertiary alicyclic amines) is 1. The number of piperidine rings is 1. The van der Waals surface area contributed by atoms with Crippen LogP contribution < -0.4 is 5.73 Å². The molecule has 0 aromatic heterocycles. The number of benzene rings is 1. The maximum Gasteiger partial charge on any atom is 0.123 e. The van der Waals surface area contributed by atoms with Crippen molar-refractivity contribution < 1.29 is 4.39 Å². The lowest BCUT2D eigenvalue weighted by Gasteiger charge is -2.39. The molecule has 106 valence electrons. The van der Waals surface area contributed by atoms with Crippen molar-refractivity contribution in [2.75, 3.05) is 13.1 Å². The first-order valence-electron chi connectivity index (χ1n) is 7.37. The molecule has 0 aliphatic carbocycles. The summed E-state index contributed by atoms with van der Waals surface area (Å²) in [4.78, 5) is 2.52. The van der Waals surface area contributed by atoms with Gasteiger partial charge in [-0.2, -0.15) is 0 Å². The van der Waals surface area contributed by atoms with Crippen LogP contribution >= 0.6 is 0 Å². The fourth-order valence-electron chi connectivity index (χ4n) is 3.14. The van der Waals surface area contributed by atoms with Crippen LogP contribution in [0.4, 0.5) is 4.39 Å². The van der Waals surface area contributed by atoms with E-state index < -0.39 is 0 Å². The molecule has 3 unspecified atom stereocenters. The second kappa shape index (κ2) is 6.49. The number of nitrogens with two attached hydrogens (primary N) is 1. The van der Waals surface area contributed by atoms with E-state index >= 15 is 0 Å². The van der Waals surface area contributed by atoms with Crippen molar-refractivity contribution >= 4 is 0 Å². The zero-order valence-corrected chi connectivity index (χ0v) is 12.0. The highest BCUT2D eigenvalue weighted by Gasteiger charge is 2.27. The lowest BCUT2D eigenvalue weighted by molar-refractivity contribution is 0.110. The van der Waals surface area contributed by atoms with Crippen molar-refractivity contribution in [1.29, 1.82) is 0 Å². The number of rotatable bonds is 4. The monoisotopic (exact) mass is 264 g/mol. The number of halogens is 1. The van der Waals surface area contributed by atoms with E-state index in [1.165, 1.54) is 18.4 Å². The third-order valence-electron chi connectivity index (χ3n) is 4.32. The van der Waals surface area contributed by atoms with E-state index in [9.17, 15) is 4.39 Å². The normalized spacial score (nSPS) is 24.1. The fourth-order valence-corrected chi connectivity index (χ4v) is 3.14. The van der Waals surface area contributed by atoms with Crippen LogP contribution in [0, 0.1) is 11.7 Å². The Balaban J connectivity index is 2.10. The van der Waals surface area contributed by atoms with Gasteiger partial charge in [0.2, 0.25) is 0 Å². The Morgan fingerprint density at radius 1 is 1.37 bits per heavy atom. The molecule has 3 atom stereocenters. The predicted octanol–water partition coefficient (Wildman–Crippen LogP) is 3.34. The minimum absolute atomic E-state index is 0.161. The third-order valence-corrected chi connectivity index (χ3v) is 4.32. The molecule has 19 heavy (non-hydrogen) atoms. The molecule has 0 radical (unpaired) electrons. The Morgan fingerprint density at radius 3 is 2.63 bits per heavy atom. The second-order valence-electron chi connectivity index (χ2n) is 5.73. The molecule has 1 saturated heterocycles. The number of hydrogen-bond acceptors (Lipinski definition) is 2. The van der Waals surface area contributed by atoms with Crippen molar-refractivity contribution in [2.45, 2.75) is 45.2 Å². The molecule has 1 aliphatic rings. The predicted molar refractivity (Wildman–Crippen MR) is 77.4 cm³/mol. The molecule has 1 fully saturated rings. The van der Waals surface area contributed by atoms with Crippen molar-refractivity contribution in [1.82, 2.24) is 4.90 Å². The van der Waals surface area contributed by atoms with Gasteiger partial charge in [-0.05, 0) is 56.3 Å². The highest BCUT2D eigenvalue weighted by molar-refractivity contribution is 5.20. The van der Waals surface area contributed by atoms with Gasteiger partial charge < -0.3 is 5.73 Å². The average molecular weight is 264 g/mol. The van der Waals surface area contributed by atoms with Gasteiger partial charge in [-0.25, -0.2) is 4.39 Å². The molecule has 2 nitrogen and oxygen atoms in total. The van der Waals surface area contributed by atoms with E-state index in [2.05, 4.69) is 18.7 Å². The molecule has 2 N–H and O–H groups in total. The van der Waals surface area contributed by atoms with Crippen LogP contribution in [0.25, 0.3) is 0 Å². The lowest BCUT2D eigenvalue weighted by atomic mass is 9.90. The van der Waals surface area contributed by atoms with Crippen LogP contribution in [-0.4, -0.2) is 24.0 Å². The van der Waals surface area contributed by atoms with E-state index in [0.29, 0.717) is 12.0 Å². The van der Waals surface area contributed by atoms with Crippen LogP contribution in [0.15, 0.2) is 24.3 Å². The van der Waals surface area contributed by atoms with Crippen LogP contribution in [-0.2, 0) is 0 Å².